The molecule has 0 atom stereocenters. The summed E-state index contributed by atoms with van der Waals surface area (Å²) in [5.74, 6) is 0. The molecule has 4 nitrogen and oxygen atoms in total. The number of piperazine rings is 1. The van der Waals surface area contributed by atoms with Gasteiger partial charge >= 0.3 is 0 Å². The number of rotatable bonds is 2. The number of anilines is 1. The van der Waals surface area contributed by atoms with Gasteiger partial charge in [0.25, 0.3) is 0 Å². The van der Waals surface area contributed by atoms with Crippen molar-refractivity contribution in [3.8, 4) is 0 Å². The molecule has 1 aromatic rings. The van der Waals surface area contributed by atoms with Gasteiger partial charge < -0.3 is 10.2 Å². The second-order valence-electron chi connectivity index (χ2n) is 4.83. The molecule has 1 heterocycles. The average Bonchev–Trinajstić information content (AvgIpc) is 2.35. The lowest BCUT2D eigenvalue weighted by Gasteiger charge is -2.31. The van der Waals surface area contributed by atoms with Gasteiger partial charge in [-0.2, -0.15) is 0 Å². The second-order valence-corrected chi connectivity index (χ2v) is 5.23. The van der Waals surface area contributed by atoms with E-state index in [-0.39, 0.29) is 0 Å². The third-order valence-corrected chi connectivity index (χ3v) is 3.46. The van der Waals surface area contributed by atoms with Gasteiger partial charge in [0.1, 0.15) is 0 Å². The molecule has 0 unspecified atom stereocenters. The predicted octanol–water partition coefficient (Wildman–Crippen LogP) is 0.0267. The van der Waals surface area contributed by atoms with Gasteiger partial charge in [0.15, 0.2) is 5.11 Å². The number of hydrazine groups is 1. The van der Waals surface area contributed by atoms with Crippen LogP contribution in [0.5, 0.6) is 0 Å². The van der Waals surface area contributed by atoms with Crippen LogP contribution in [0.2, 0.25) is 0 Å². The highest BCUT2D eigenvalue weighted by Crippen LogP contribution is 2.12. The van der Waals surface area contributed by atoms with Crippen molar-refractivity contribution in [3.05, 3.63) is 29.8 Å². The topological polar surface area (TPSA) is 31.7 Å². The van der Waals surface area contributed by atoms with Gasteiger partial charge in [0, 0.05) is 5.69 Å². The molecule has 0 aromatic heterocycles. The maximum atomic E-state index is 5.34. The van der Waals surface area contributed by atoms with Crippen LogP contribution in [0.4, 0.5) is 5.69 Å². The quantitative estimate of drug-likeness (QED) is 0.659. The number of nitrogens with zero attached hydrogens (tertiary/aromatic N) is 1. The van der Waals surface area contributed by atoms with E-state index in [0.29, 0.717) is 5.11 Å². The summed E-state index contributed by atoms with van der Waals surface area (Å²) in [5, 5.41) is 6.09. The summed E-state index contributed by atoms with van der Waals surface area (Å²) in [6, 6.07) is 8.15. The Hall–Kier alpha value is -1.17. The maximum absolute atomic E-state index is 5.34. The van der Waals surface area contributed by atoms with Crippen LogP contribution < -0.4 is 15.6 Å². The second kappa shape index (κ2) is 6.13. The number of aryl methyl sites for hydroxylation is 1. The molecular formula is C13H21N4S+. The molecule has 2 rings (SSSR count). The SMILES string of the molecule is Cc1ccccc1NC(=S)NN1CC[NH+](C)CC1. The Balaban J connectivity index is 1.84. The number of benzene rings is 1. The monoisotopic (exact) mass is 265 g/mol. The standard InChI is InChI=1S/C13H20N4S/c1-11-5-3-4-6-12(11)14-13(18)15-17-9-7-16(2)8-10-17/h3-6H,7-10H2,1-2H3,(H2,14,15,18)/p+1. The smallest absolute Gasteiger partial charge is 0.185 e. The summed E-state index contributed by atoms with van der Waals surface area (Å²) in [4.78, 5) is 1.57. The van der Waals surface area contributed by atoms with Gasteiger partial charge in [-0.05, 0) is 30.8 Å². The molecule has 0 radical (unpaired) electrons. The summed E-state index contributed by atoms with van der Waals surface area (Å²) >= 11 is 5.34. The van der Waals surface area contributed by atoms with E-state index in [2.05, 4.69) is 35.8 Å². The summed E-state index contributed by atoms with van der Waals surface area (Å²) in [7, 11) is 2.22. The molecule has 0 amide bonds. The number of nitrogens with one attached hydrogen (secondary N) is 3. The maximum Gasteiger partial charge on any atom is 0.185 e. The Bertz CT molecular complexity index is 413. The van der Waals surface area contributed by atoms with Gasteiger partial charge in [-0.25, -0.2) is 5.01 Å². The van der Waals surface area contributed by atoms with Crippen molar-refractivity contribution < 1.29 is 4.90 Å². The molecule has 1 saturated heterocycles. The van der Waals surface area contributed by atoms with Crippen LogP contribution in [0, 0.1) is 6.92 Å². The number of likely N-dealkylation sites (N-methyl/N-ethyl adjacent to an activating group) is 1. The van der Waals surface area contributed by atoms with Crippen LogP contribution in [0.25, 0.3) is 0 Å². The number of hydrogen-bond donors (Lipinski definition) is 3. The van der Waals surface area contributed by atoms with E-state index in [1.165, 1.54) is 5.56 Å². The highest BCUT2D eigenvalue weighted by Gasteiger charge is 2.16. The third kappa shape index (κ3) is 3.66. The molecule has 5 heteroatoms. The Morgan fingerprint density at radius 2 is 1.94 bits per heavy atom. The van der Waals surface area contributed by atoms with E-state index in [1.807, 2.05) is 18.2 Å². The number of hydrogen-bond acceptors (Lipinski definition) is 2. The molecule has 18 heavy (non-hydrogen) atoms. The Kier molecular flexibility index (Phi) is 4.52. The molecule has 1 fully saturated rings. The first kappa shape index (κ1) is 13.3. The third-order valence-electron chi connectivity index (χ3n) is 3.27. The average molecular weight is 265 g/mol. The minimum absolute atomic E-state index is 0.670. The molecule has 3 N–H and O–H groups in total. The van der Waals surface area contributed by atoms with Crippen LogP contribution in [-0.2, 0) is 0 Å². The molecule has 0 bridgehead atoms. The molecular weight excluding hydrogens is 244 g/mol. The fourth-order valence-electron chi connectivity index (χ4n) is 2.01. The fourth-order valence-corrected chi connectivity index (χ4v) is 2.25. The first-order chi connectivity index (χ1) is 8.65. The van der Waals surface area contributed by atoms with Crippen molar-refractivity contribution in [1.29, 1.82) is 0 Å². The van der Waals surface area contributed by atoms with Crippen molar-refractivity contribution in [3.63, 3.8) is 0 Å². The highest BCUT2D eigenvalue weighted by molar-refractivity contribution is 7.80. The van der Waals surface area contributed by atoms with Crippen molar-refractivity contribution in [1.82, 2.24) is 10.4 Å². The highest BCUT2D eigenvalue weighted by atomic mass is 32.1. The van der Waals surface area contributed by atoms with Crippen molar-refractivity contribution in [2.24, 2.45) is 0 Å². The van der Waals surface area contributed by atoms with Gasteiger partial charge in [0.2, 0.25) is 0 Å². The van der Waals surface area contributed by atoms with Crippen molar-refractivity contribution >= 4 is 23.0 Å². The molecule has 0 spiro atoms. The number of para-hydroxylation sites is 1. The van der Waals surface area contributed by atoms with Crippen molar-refractivity contribution in [2.45, 2.75) is 6.92 Å². The number of quaternary nitrogens is 1. The van der Waals surface area contributed by atoms with Crippen LogP contribution in [0.1, 0.15) is 5.56 Å². The van der Waals surface area contributed by atoms with Gasteiger partial charge in [-0.1, -0.05) is 18.2 Å². The molecule has 98 valence electrons. The van der Waals surface area contributed by atoms with Gasteiger partial charge in [0.05, 0.1) is 33.2 Å². The first-order valence-electron chi connectivity index (χ1n) is 6.34. The first-order valence-corrected chi connectivity index (χ1v) is 6.75. The Labute approximate surface area is 114 Å². The summed E-state index contributed by atoms with van der Waals surface area (Å²) in [6.07, 6.45) is 0. The lowest BCUT2D eigenvalue weighted by molar-refractivity contribution is -0.884. The van der Waals surface area contributed by atoms with E-state index < -0.39 is 0 Å². The summed E-state index contributed by atoms with van der Waals surface area (Å²) in [5.41, 5.74) is 5.52. The molecule has 0 aliphatic carbocycles. The van der Waals surface area contributed by atoms with Crippen LogP contribution in [0.3, 0.4) is 0 Å². The minimum atomic E-state index is 0.670. The number of thiocarbonyl (C=S) groups is 1. The molecule has 0 saturated carbocycles. The van der Waals surface area contributed by atoms with E-state index in [4.69, 9.17) is 12.2 Å². The molecule has 1 aliphatic rings. The normalized spacial score (nSPS) is 17.4. The Morgan fingerprint density at radius 1 is 1.28 bits per heavy atom. The zero-order valence-electron chi connectivity index (χ0n) is 11.0. The Morgan fingerprint density at radius 3 is 2.61 bits per heavy atom. The predicted molar refractivity (Wildman–Crippen MR) is 78.7 cm³/mol. The van der Waals surface area contributed by atoms with Crippen LogP contribution >= 0.6 is 12.2 Å². The largest absolute Gasteiger partial charge is 0.335 e. The van der Waals surface area contributed by atoms with Crippen LogP contribution in [-0.4, -0.2) is 43.3 Å². The lowest BCUT2D eigenvalue weighted by atomic mass is 10.2. The lowest BCUT2D eigenvalue weighted by Crippen LogP contribution is -3.12. The summed E-state index contributed by atoms with van der Waals surface area (Å²) < 4.78 is 0. The van der Waals surface area contributed by atoms with E-state index in [0.717, 1.165) is 31.9 Å². The van der Waals surface area contributed by atoms with E-state index >= 15 is 0 Å². The molecule has 1 aliphatic heterocycles. The minimum Gasteiger partial charge on any atom is -0.335 e. The zero-order chi connectivity index (χ0) is 13.0. The zero-order valence-corrected chi connectivity index (χ0v) is 11.8. The van der Waals surface area contributed by atoms with Crippen LogP contribution in [0.15, 0.2) is 24.3 Å². The summed E-state index contributed by atoms with van der Waals surface area (Å²) in [6.45, 7) is 6.44. The van der Waals surface area contributed by atoms with E-state index in [9.17, 15) is 0 Å². The van der Waals surface area contributed by atoms with E-state index in [1.54, 1.807) is 4.90 Å². The van der Waals surface area contributed by atoms with Crippen molar-refractivity contribution in [2.75, 3.05) is 38.5 Å². The fraction of sp³-hybridized carbons (Fsp3) is 0.462. The molecule has 1 aromatic carbocycles. The van der Waals surface area contributed by atoms with Gasteiger partial charge in [-0.15, -0.1) is 0 Å². The van der Waals surface area contributed by atoms with Gasteiger partial charge in [-0.3, -0.25) is 5.43 Å².